The van der Waals surface area contributed by atoms with Crippen LogP contribution in [-0.2, 0) is 0 Å². The Morgan fingerprint density at radius 1 is 0.862 bits per heavy atom. The molecular weight excluding hydrogens is 377 g/mol. The smallest absolute Gasteiger partial charge is 0.324 e. The number of aryl methyl sites for hydroxylation is 1. The van der Waals surface area contributed by atoms with Gasteiger partial charge < -0.3 is 20.1 Å². The maximum Gasteiger partial charge on any atom is 0.324 e. The van der Waals surface area contributed by atoms with E-state index in [0.717, 1.165) is 5.56 Å². The van der Waals surface area contributed by atoms with Crippen molar-refractivity contribution in [3.63, 3.8) is 0 Å². The summed E-state index contributed by atoms with van der Waals surface area (Å²) in [5.41, 5.74) is 1.80. The fourth-order valence-corrected chi connectivity index (χ4v) is 2.61. The molecule has 0 bridgehead atoms. The molecule has 3 N–H and O–H groups in total. The largest absolute Gasteiger partial charge is 0.497 e. The summed E-state index contributed by atoms with van der Waals surface area (Å²) in [6.07, 6.45) is 1.29. The summed E-state index contributed by atoms with van der Waals surface area (Å²) in [6.45, 7) is 1.79. The molecule has 0 fully saturated rings. The van der Waals surface area contributed by atoms with E-state index in [9.17, 15) is 9.18 Å². The molecule has 0 aliphatic heterocycles. The minimum Gasteiger partial charge on any atom is -0.497 e. The standard InChI is InChI=1S/C20H20FN5O3/c1-12-4-13(21)6-14(5-12)24-18-10-19(23-11-22-18)26-20(27)25-15-7-16(28-2)9-17(8-15)29-3/h4-11H,1-3H3,(H3,22,23,24,25,26,27). The van der Waals surface area contributed by atoms with E-state index in [1.165, 1.54) is 38.7 Å². The molecule has 1 aromatic heterocycles. The van der Waals surface area contributed by atoms with Gasteiger partial charge in [0.05, 0.1) is 14.2 Å². The first-order chi connectivity index (χ1) is 13.9. The second-order valence-electron chi connectivity index (χ2n) is 6.11. The van der Waals surface area contributed by atoms with Crippen molar-refractivity contribution in [3.8, 4) is 11.5 Å². The maximum atomic E-state index is 13.5. The van der Waals surface area contributed by atoms with Crippen LogP contribution in [0.25, 0.3) is 0 Å². The zero-order valence-corrected chi connectivity index (χ0v) is 16.1. The molecule has 1 heterocycles. The van der Waals surface area contributed by atoms with Crippen molar-refractivity contribution in [3.05, 3.63) is 60.2 Å². The zero-order valence-electron chi connectivity index (χ0n) is 16.1. The van der Waals surface area contributed by atoms with Crippen molar-refractivity contribution in [1.82, 2.24) is 9.97 Å². The van der Waals surface area contributed by atoms with E-state index >= 15 is 0 Å². The van der Waals surface area contributed by atoms with Crippen LogP contribution in [0.15, 0.2) is 48.8 Å². The molecular formula is C20H20FN5O3. The lowest BCUT2D eigenvalue weighted by Gasteiger charge is -2.11. The van der Waals surface area contributed by atoms with Gasteiger partial charge in [-0.05, 0) is 30.7 Å². The number of carbonyl (C=O) groups is 1. The first-order valence-corrected chi connectivity index (χ1v) is 8.62. The number of amides is 2. The number of hydrogen-bond acceptors (Lipinski definition) is 6. The molecule has 2 aromatic carbocycles. The summed E-state index contributed by atoms with van der Waals surface area (Å²) >= 11 is 0. The van der Waals surface area contributed by atoms with Crippen LogP contribution < -0.4 is 25.4 Å². The molecule has 9 heteroatoms. The van der Waals surface area contributed by atoms with Crippen LogP contribution in [-0.4, -0.2) is 30.2 Å². The SMILES string of the molecule is COc1cc(NC(=O)Nc2cc(Nc3cc(C)cc(F)c3)ncn2)cc(OC)c1. The van der Waals surface area contributed by atoms with Crippen molar-refractivity contribution in [2.75, 3.05) is 30.2 Å². The van der Waals surface area contributed by atoms with E-state index < -0.39 is 6.03 Å². The van der Waals surface area contributed by atoms with Crippen LogP contribution in [0.1, 0.15) is 5.56 Å². The lowest BCUT2D eigenvalue weighted by Crippen LogP contribution is -2.20. The average Bonchev–Trinajstić information content (AvgIpc) is 2.67. The lowest BCUT2D eigenvalue weighted by atomic mass is 10.2. The van der Waals surface area contributed by atoms with Crippen molar-refractivity contribution in [2.45, 2.75) is 6.92 Å². The highest BCUT2D eigenvalue weighted by Gasteiger charge is 2.08. The van der Waals surface area contributed by atoms with Gasteiger partial charge in [0.15, 0.2) is 0 Å². The molecule has 150 valence electrons. The predicted octanol–water partition coefficient (Wildman–Crippen LogP) is 4.33. The van der Waals surface area contributed by atoms with Gasteiger partial charge in [0.25, 0.3) is 0 Å². The van der Waals surface area contributed by atoms with Gasteiger partial charge in [-0.25, -0.2) is 19.2 Å². The molecule has 0 spiro atoms. The Morgan fingerprint density at radius 2 is 1.55 bits per heavy atom. The number of ether oxygens (including phenoxy) is 2. The van der Waals surface area contributed by atoms with Gasteiger partial charge in [0.1, 0.15) is 35.3 Å². The minimum atomic E-state index is -0.508. The van der Waals surface area contributed by atoms with E-state index in [1.54, 1.807) is 31.2 Å². The van der Waals surface area contributed by atoms with Crippen molar-refractivity contribution in [1.29, 1.82) is 0 Å². The minimum absolute atomic E-state index is 0.267. The van der Waals surface area contributed by atoms with E-state index in [1.807, 2.05) is 0 Å². The molecule has 8 nitrogen and oxygen atoms in total. The molecule has 3 rings (SSSR count). The van der Waals surface area contributed by atoms with Gasteiger partial charge in [-0.1, -0.05) is 0 Å². The fourth-order valence-electron chi connectivity index (χ4n) is 2.61. The number of benzene rings is 2. The van der Waals surface area contributed by atoms with Gasteiger partial charge in [-0.3, -0.25) is 5.32 Å². The van der Waals surface area contributed by atoms with E-state index in [2.05, 4.69) is 25.9 Å². The summed E-state index contributed by atoms with van der Waals surface area (Å²) < 4.78 is 23.9. The summed E-state index contributed by atoms with van der Waals surface area (Å²) in [7, 11) is 3.04. The Kier molecular flexibility index (Phi) is 6.08. The van der Waals surface area contributed by atoms with Crippen molar-refractivity contribution in [2.24, 2.45) is 0 Å². The van der Waals surface area contributed by atoms with Crippen molar-refractivity contribution >= 4 is 29.0 Å². The number of aromatic nitrogens is 2. The number of nitrogens with zero attached hydrogens (tertiary/aromatic N) is 2. The van der Waals surface area contributed by atoms with Gasteiger partial charge in [0.2, 0.25) is 0 Å². The number of rotatable bonds is 6. The van der Waals surface area contributed by atoms with Gasteiger partial charge in [-0.2, -0.15) is 0 Å². The summed E-state index contributed by atoms with van der Waals surface area (Å²) in [6, 6.07) is 10.6. The number of carbonyl (C=O) groups excluding carboxylic acids is 1. The van der Waals surface area contributed by atoms with E-state index in [-0.39, 0.29) is 11.6 Å². The topological polar surface area (TPSA) is 97.4 Å². The van der Waals surface area contributed by atoms with Crippen LogP contribution in [0.4, 0.5) is 32.2 Å². The van der Waals surface area contributed by atoms with Crippen LogP contribution in [0.5, 0.6) is 11.5 Å². The molecule has 0 saturated carbocycles. The highest BCUT2D eigenvalue weighted by Crippen LogP contribution is 2.26. The quantitative estimate of drug-likeness (QED) is 0.573. The Labute approximate surface area is 167 Å². The fraction of sp³-hybridized carbons (Fsp3) is 0.150. The molecule has 29 heavy (non-hydrogen) atoms. The molecule has 0 aliphatic rings. The predicted molar refractivity (Wildman–Crippen MR) is 109 cm³/mol. The maximum absolute atomic E-state index is 13.5. The molecule has 0 radical (unpaired) electrons. The lowest BCUT2D eigenvalue weighted by molar-refractivity contribution is 0.262. The monoisotopic (exact) mass is 397 g/mol. The van der Waals surface area contributed by atoms with Gasteiger partial charge in [-0.15, -0.1) is 0 Å². The number of nitrogens with one attached hydrogen (secondary N) is 3. The van der Waals surface area contributed by atoms with Gasteiger partial charge >= 0.3 is 6.03 Å². The average molecular weight is 397 g/mol. The number of halogens is 1. The molecule has 0 unspecified atom stereocenters. The summed E-state index contributed by atoms with van der Waals surface area (Å²) in [5, 5.41) is 8.28. The van der Waals surface area contributed by atoms with Crippen LogP contribution in [0.3, 0.4) is 0 Å². The summed E-state index contributed by atoms with van der Waals surface area (Å²) in [4.78, 5) is 20.4. The normalized spacial score (nSPS) is 10.2. The molecule has 3 aromatic rings. The number of hydrogen-bond donors (Lipinski definition) is 3. The third-order valence-corrected chi connectivity index (χ3v) is 3.83. The number of urea groups is 1. The Balaban J connectivity index is 1.69. The molecule has 0 saturated heterocycles. The zero-order chi connectivity index (χ0) is 20.8. The number of anilines is 4. The van der Waals surface area contributed by atoms with Crippen LogP contribution in [0.2, 0.25) is 0 Å². The van der Waals surface area contributed by atoms with Crippen LogP contribution >= 0.6 is 0 Å². The number of methoxy groups -OCH3 is 2. The third-order valence-electron chi connectivity index (χ3n) is 3.83. The Hall–Kier alpha value is -3.88. The Bertz CT molecular complexity index is 986. The van der Waals surface area contributed by atoms with E-state index in [0.29, 0.717) is 28.7 Å². The van der Waals surface area contributed by atoms with E-state index in [4.69, 9.17) is 9.47 Å². The molecule has 0 atom stereocenters. The Morgan fingerprint density at radius 3 is 2.21 bits per heavy atom. The van der Waals surface area contributed by atoms with Crippen LogP contribution in [0, 0.1) is 12.7 Å². The first-order valence-electron chi connectivity index (χ1n) is 8.62. The highest BCUT2D eigenvalue weighted by atomic mass is 19.1. The van der Waals surface area contributed by atoms with Crippen molar-refractivity contribution < 1.29 is 18.7 Å². The highest BCUT2D eigenvalue weighted by molar-refractivity contribution is 5.99. The third kappa shape index (κ3) is 5.55. The first kappa shape index (κ1) is 19.9. The molecule has 2 amide bonds. The molecule has 0 aliphatic carbocycles. The summed E-state index contributed by atoms with van der Waals surface area (Å²) in [5.74, 6) is 1.40. The second kappa shape index (κ2) is 8.87. The second-order valence-corrected chi connectivity index (χ2v) is 6.11. The van der Waals surface area contributed by atoms with Gasteiger partial charge in [0, 0.05) is 35.6 Å².